The van der Waals surface area contributed by atoms with Crippen LogP contribution >= 0.6 is 0 Å². The SMILES string of the molecule is C/C(=C\C(=O)[O-])CCC[C@H](C)CCC[C@H](C)CCCC(C)C.[K+]. The number of aliphatic carboxylic acids is 1. The zero-order chi connectivity index (χ0) is 17.0. The fraction of sp³-hybridized carbons (Fsp3) is 0.850. The van der Waals surface area contributed by atoms with Crippen LogP contribution in [0, 0.1) is 17.8 Å². The largest absolute Gasteiger partial charge is 1.00 e. The van der Waals surface area contributed by atoms with Gasteiger partial charge in [-0.05, 0) is 43.6 Å². The second kappa shape index (κ2) is 16.3. The summed E-state index contributed by atoms with van der Waals surface area (Å²) in [6.07, 6.45) is 12.5. The molecule has 0 bridgehead atoms. The van der Waals surface area contributed by atoms with E-state index in [9.17, 15) is 9.90 Å². The third kappa shape index (κ3) is 19.0. The molecule has 23 heavy (non-hydrogen) atoms. The van der Waals surface area contributed by atoms with E-state index in [-0.39, 0.29) is 51.4 Å². The van der Waals surface area contributed by atoms with Crippen LogP contribution in [-0.2, 0) is 4.79 Å². The molecule has 0 aliphatic carbocycles. The van der Waals surface area contributed by atoms with Crippen LogP contribution in [0.1, 0.15) is 92.4 Å². The van der Waals surface area contributed by atoms with Crippen LogP contribution in [0.2, 0.25) is 0 Å². The Morgan fingerprint density at radius 2 is 1.30 bits per heavy atom. The van der Waals surface area contributed by atoms with Crippen molar-refractivity contribution in [3.05, 3.63) is 11.6 Å². The number of hydrogen-bond acceptors (Lipinski definition) is 2. The molecule has 3 heteroatoms. The van der Waals surface area contributed by atoms with Crippen molar-refractivity contribution in [2.45, 2.75) is 92.4 Å². The second-order valence-electron chi connectivity index (χ2n) is 7.67. The number of hydrogen-bond donors (Lipinski definition) is 0. The molecule has 0 spiro atoms. The van der Waals surface area contributed by atoms with Crippen molar-refractivity contribution in [3.63, 3.8) is 0 Å². The first kappa shape index (κ1) is 26.1. The Morgan fingerprint density at radius 3 is 1.74 bits per heavy atom. The minimum absolute atomic E-state index is 0. The van der Waals surface area contributed by atoms with Gasteiger partial charge in [-0.15, -0.1) is 0 Å². The van der Waals surface area contributed by atoms with E-state index in [4.69, 9.17) is 0 Å². The van der Waals surface area contributed by atoms with Crippen molar-refractivity contribution >= 4 is 5.97 Å². The van der Waals surface area contributed by atoms with Crippen molar-refractivity contribution in [3.8, 4) is 0 Å². The second-order valence-corrected chi connectivity index (χ2v) is 7.67. The Balaban J connectivity index is 0. The molecule has 0 aliphatic rings. The normalized spacial score (nSPS) is 14.4. The van der Waals surface area contributed by atoms with Gasteiger partial charge in [0.25, 0.3) is 0 Å². The molecular formula is C20H37KO2. The first-order chi connectivity index (χ1) is 10.3. The number of carbonyl (C=O) groups excluding carboxylic acids is 1. The average Bonchev–Trinajstić information content (AvgIpc) is 2.37. The van der Waals surface area contributed by atoms with Gasteiger partial charge in [-0.3, -0.25) is 0 Å². The summed E-state index contributed by atoms with van der Waals surface area (Å²) >= 11 is 0. The van der Waals surface area contributed by atoms with Gasteiger partial charge in [-0.2, -0.15) is 0 Å². The number of allylic oxidation sites excluding steroid dienone is 1. The minimum Gasteiger partial charge on any atom is -0.545 e. The van der Waals surface area contributed by atoms with E-state index < -0.39 is 5.97 Å². The van der Waals surface area contributed by atoms with Crippen LogP contribution in [0.25, 0.3) is 0 Å². The molecule has 0 aromatic rings. The van der Waals surface area contributed by atoms with Crippen LogP contribution in [-0.4, -0.2) is 5.97 Å². The van der Waals surface area contributed by atoms with Gasteiger partial charge in [-0.25, -0.2) is 0 Å². The zero-order valence-electron chi connectivity index (χ0n) is 16.5. The fourth-order valence-corrected chi connectivity index (χ4v) is 2.98. The molecule has 0 N–H and O–H groups in total. The molecule has 0 aliphatic heterocycles. The summed E-state index contributed by atoms with van der Waals surface area (Å²) < 4.78 is 0. The van der Waals surface area contributed by atoms with Gasteiger partial charge < -0.3 is 9.90 Å². The smallest absolute Gasteiger partial charge is 0.545 e. The van der Waals surface area contributed by atoms with E-state index >= 15 is 0 Å². The van der Waals surface area contributed by atoms with Gasteiger partial charge in [-0.1, -0.05) is 78.2 Å². The third-order valence-corrected chi connectivity index (χ3v) is 4.50. The molecule has 0 saturated carbocycles. The number of carboxylic acids is 1. The standard InChI is InChI=1S/C20H38O2.K/c1-16(2)9-6-10-17(3)11-7-12-18(4)13-8-14-19(5)15-20(21)22;/h15-18H,6-14H2,1-5H3,(H,21,22);/q;+1/p-1/b19-15+;/t17-,18-;/m1./s1. The van der Waals surface area contributed by atoms with Crippen LogP contribution in [0.3, 0.4) is 0 Å². The molecule has 2 atom stereocenters. The Bertz CT molecular complexity index is 324. The molecule has 0 unspecified atom stereocenters. The molecule has 0 saturated heterocycles. The van der Waals surface area contributed by atoms with E-state index in [0.717, 1.165) is 36.2 Å². The zero-order valence-corrected chi connectivity index (χ0v) is 19.6. The maximum Gasteiger partial charge on any atom is 1.00 e. The molecule has 0 fully saturated rings. The summed E-state index contributed by atoms with van der Waals surface area (Å²) in [5.74, 6) is 1.37. The van der Waals surface area contributed by atoms with Crippen molar-refractivity contribution in [2.75, 3.05) is 0 Å². The van der Waals surface area contributed by atoms with Gasteiger partial charge in [0.15, 0.2) is 0 Å². The Morgan fingerprint density at radius 1 is 0.870 bits per heavy atom. The quantitative estimate of drug-likeness (QED) is 0.378. The molecule has 0 aromatic carbocycles. The molecule has 0 aromatic heterocycles. The molecule has 2 nitrogen and oxygen atoms in total. The van der Waals surface area contributed by atoms with Gasteiger partial charge >= 0.3 is 51.4 Å². The summed E-state index contributed by atoms with van der Waals surface area (Å²) in [6.45, 7) is 11.2. The Labute approximate surface area is 187 Å². The molecular weight excluding hydrogens is 311 g/mol. The van der Waals surface area contributed by atoms with Crippen LogP contribution in [0.4, 0.5) is 0 Å². The molecule has 130 valence electrons. The van der Waals surface area contributed by atoms with Crippen LogP contribution < -0.4 is 56.5 Å². The van der Waals surface area contributed by atoms with Crippen molar-refractivity contribution in [1.29, 1.82) is 0 Å². The van der Waals surface area contributed by atoms with Gasteiger partial charge in [0.05, 0.1) is 5.97 Å². The predicted octanol–water partition coefficient (Wildman–Crippen LogP) is 2.13. The van der Waals surface area contributed by atoms with Crippen molar-refractivity contribution in [1.82, 2.24) is 0 Å². The van der Waals surface area contributed by atoms with Crippen molar-refractivity contribution < 1.29 is 61.3 Å². The Hall–Kier alpha value is 0.846. The molecule has 0 amide bonds. The summed E-state index contributed by atoms with van der Waals surface area (Å²) in [4.78, 5) is 10.4. The van der Waals surface area contributed by atoms with Crippen LogP contribution in [0.5, 0.6) is 0 Å². The van der Waals surface area contributed by atoms with Crippen LogP contribution in [0.15, 0.2) is 11.6 Å². The van der Waals surface area contributed by atoms with E-state index in [2.05, 4.69) is 27.7 Å². The van der Waals surface area contributed by atoms with Gasteiger partial charge in [0.2, 0.25) is 0 Å². The molecule has 0 rings (SSSR count). The topological polar surface area (TPSA) is 40.1 Å². The van der Waals surface area contributed by atoms with E-state index in [1.165, 1.54) is 51.0 Å². The van der Waals surface area contributed by atoms with Gasteiger partial charge in [0, 0.05) is 0 Å². The van der Waals surface area contributed by atoms with E-state index in [1.807, 2.05) is 6.92 Å². The first-order valence-corrected chi connectivity index (χ1v) is 9.19. The summed E-state index contributed by atoms with van der Waals surface area (Å²) in [6, 6.07) is 0. The molecule has 0 heterocycles. The fourth-order valence-electron chi connectivity index (χ4n) is 2.98. The minimum atomic E-state index is -1.07. The monoisotopic (exact) mass is 348 g/mol. The summed E-state index contributed by atoms with van der Waals surface area (Å²) in [5.41, 5.74) is 0.922. The van der Waals surface area contributed by atoms with Crippen molar-refractivity contribution in [2.24, 2.45) is 17.8 Å². The number of rotatable bonds is 13. The molecule has 0 radical (unpaired) electrons. The predicted molar refractivity (Wildman–Crippen MR) is 93.5 cm³/mol. The van der Waals surface area contributed by atoms with E-state index in [1.54, 1.807) is 0 Å². The van der Waals surface area contributed by atoms with E-state index in [0.29, 0.717) is 0 Å². The maximum atomic E-state index is 10.4. The average molecular weight is 349 g/mol. The number of carboxylic acid groups (broad SMARTS) is 1. The summed E-state index contributed by atoms with van der Waals surface area (Å²) in [7, 11) is 0. The Kier molecular flexibility index (Phi) is 18.5. The first-order valence-electron chi connectivity index (χ1n) is 9.19. The van der Waals surface area contributed by atoms with Gasteiger partial charge in [0.1, 0.15) is 0 Å². The number of carbonyl (C=O) groups is 1. The summed E-state index contributed by atoms with van der Waals surface area (Å²) in [5, 5.41) is 10.4. The third-order valence-electron chi connectivity index (χ3n) is 4.50. The maximum absolute atomic E-state index is 10.4.